The zero-order chi connectivity index (χ0) is 18.0. The van der Waals surface area contributed by atoms with Gasteiger partial charge in [-0.2, -0.15) is 0 Å². The van der Waals surface area contributed by atoms with Gasteiger partial charge in [-0.15, -0.1) is 11.8 Å². The predicted octanol–water partition coefficient (Wildman–Crippen LogP) is 6.43. The minimum absolute atomic E-state index is 0.0819. The fraction of sp³-hybridized carbons (Fsp3) is 0.278. The molecule has 3 nitrogen and oxygen atoms in total. The molecule has 0 radical (unpaired) electrons. The third-order valence-electron chi connectivity index (χ3n) is 3.73. The first-order chi connectivity index (χ1) is 12.0. The largest absolute Gasteiger partial charge is 0.491 e. The summed E-state index contributed by atoms with van der Waals surface area (Å²) >= 11 is 14.8. The predicted molar refractivity (Wildman–Crippen MR) is 112 cm³/mol. The molecule has 25 heavy (non-hydrogen) atoms. The molecule has 1 heterocycles. The lowest BCUT2D eigenvalue weighted by Crippen LogP contribution is -2.27. The van der Waals surface area contributed by atoms with Crippen LogP contribution in [0.25, 0.3) is 0 Å². The summed E-state index contributed by atoms with van der Waals surface area (Å²) in [5, 5.41) is 0.573. The molecule has 7 heteroatoms. The molecule has 2 aromatic carbocycles. The van der Waals surface area contributed by atoms with Gasteiger partial charge in [-0.25, -0.2) is 0 Å². The molecule has 1 amide bonds. The second kappa shape index (κ2) is 8.33. The van der Waals surface area contributed by atoms with Crippen molar-refractivity contribution in [2.45, 2.75) is 18.7 Å². The molecule has 1 fully saturated rings. The number of nitrogens with zero attached hydrogens (tertiary/aromatic N) is 1. The van der Waals surface area contributed by atoms with Crippen LogP contribution in [0.5, 0.6) is 5.75 Å². The molecule has 0 unspecified atom stereocenters. The van der Waals surface area contributed by atoms with Crippen molar-refractivity contribution in [3.05, 3.63) is 55.9 Å². The average molecular weight is 506 g/mol. The van der Waals surface area contributed by atoms with Gasteiger partial charge in [0.1, 0.15) is 11.1 Å². The standard InChI is InChI=1S/C18H16Br2ClNO2S/c1-2-7-24-17-14(19)8-11(9-15(17)20)18-22(16(23)10-25-18)13-5-3-12(21)4-6-13/h3-6,8-9,18H,2,7,10H2,1H3/t18-/m1/s1. The van der Waals surface area contributed by atoms with Gasteiger partial charge in [-0.05, 0) is 80.2 Å². The number of anilines is 1. The van der Waals surface area contributed by atoms with Crippen LogP contribution in [0, 0.1) is 0 Å². The minimum atomic E-state index is -0.0819. The van der Waals surface area contributed by atoms with Gasteiger partial charge in [0.05, 0.1) is 21.3 Å². The number of carbonyl (C=O) groups is 1. The Morgan fingerprint density at radius 2 is 1.88 bits per heavy atom. The maximum absolute atomic E-state index is 12.4. The minimum Gasteiger partial charge on any atom is -0.491 e. The number of rotatable bonds is 5. The van der Waals surface area contributed by atoms with Crippen LogP contribution < -0.4 is 9.64 Å². The van der Waals surface area contributed by atoms with Gasteiger partial charge < -0.3 is 4.74 Å². The lowest BCUT2D eigenvalue weighted by Gasteiger charge is -2.25. The Balaban J connectivity index is 1.94. The Morgan fingerprint density at radius 1 is 1.24 bits per heavy atom. The lowest BCUT2D eigenvalue weighted by atomic mass is 10.1. The Morgan fingerprint density at radius 3 is 2.48 bits per heavy atom. The van der Waals surface area contributed by atoms with Crippen molar-refractivity contribution in [3.63, 3.8) is 0 Å². The summed E-state index contributed by atoms with van der Waals surface area (Å²) in [6.45, 7) is 2.73. The van der Waals surface area contributed by atoms with Gasteiger partial charge in [0.2, 0.25) is 5.91 Å². The number of halogens is 3. The van der Waals surface area contributed by atoms with E-state index in [4.69, 9.17) is 16.3 Å². The van der Waals surface area contributed by atoms with E-state index in [0.717, 1.165) is 32.4 Å². The van der Waals surface area contributed by atoms with Gasteiger partial charge in [0.25, 0.3) is 0 Å². The van der Waals surface area contributed by atoms with Crippen molar-refractivity contribution >= 4 is 66.8 Å². The highest BCUT2D eigenvalue weighted by molar-refractivity contribution is 9.11. The molecule has 1 atom stereocenters. The van der Waals surface area contributed by atoms with Crippen LogP contribution in [0.4, 0.5) is 5.69 Å². The first-order valence-electron chi connectivity index (χ1n) is 7.82. The highest BCUT2D eigenvalue weighted by Crippen LogP contribution is 2.45. The van der Waals surface area contributed by atoms with Gasteiger partial charge in [-0.3, -0.25) is 9.69 Å². The average Bonchev–Trinajstić information content (AvgIpc) is 2.96. The molecule has 0 aromatic heterocycles. The number of hydrogen-bond donors (Lipinski definition) is 0. The maximum atomic E-state index is 12.4. The molecule has 3 rings (SSSR count). The van der Waals surface area contributed by atoms with Crippen LogP contribution in [0.1, 0.15) is 24.3 Å². The summed E-state index contributed by atoms with van der Waals surface area (Å²) < 4.78 is 7.54. The second-order valence-corrected chi connectivity index (χ2v) is 8.78. The fourth-order valence-electron chi connectivity index (χ4n) is 2.62. The zero-order valence-corrected chi connectivity index (χ0v) is 18.2. The smallest absolute Gasteiger partial charge is 0.238 e. The normalized spacial score (nSPS) is 17.2. The SMILES string of the molecule is CCCOc1c(Br)cc([C@H]2SCC(=O)N2c2ccc(Cl)cc2)cc1Br. The van der Waals surface area contributed by atoms with Crippen LogP contribution in [-0.4, -0.2) is 18.3 Å². The van der Waals surface area contributed by atoms with E-state index in [9.17, 15) is 4.79 Å². The van der Waals surface area contributed by atoms with Crippen LogP contribution in [-0.2, 0) is 4.79 Å². The van der Waals surface area contributed by atoms with E-state index in [1.54, 1.807) is 23.9 Å². The fourth-order valence-corrected chi connectivity index (χ4v) is 5.35. The van der Waals surface area contributed by atoms with E-state index in [1.165, 1.54) is 0 Å². The highest BCUT2D eigenvalue weighted by Gasteiger charge is 2.34. The van der Waals surface area contributed by atoms with E-state index in [0.29, 0.717) is 17.4 Å². The number of hydrogen-bond acceptors (Lipinski definition) is 3. The molecule has 1 aliphatic heterocycles. The second-order valence-electron chi connectivity index (χ2n) is 5.57. The molecule has 1 aliphatic rings. The number of amides is 1. The lowest BCUT2D eigenvalue weighted by molar-refractivity contribution is -0.115. The van der Waals surface area contributed by atoms with Crippen molar-refractivity contribution in [2.75, 3.05) is 17.3 Å². The number of ether oxygens (including phenoxy) is 1. The molecule has 1 saturated heterocycles. The highest BCUT2D eigenvalue weighted by atomic mass is 79.9. The Bertz CT molecular complexity index is 762. The van der Waals surface area contributed by atoms with Crippen molar-refractivity contribution in [1.82, 2.24) is 0 Å². The molecular weight excluding hydrogens is 490 g/mol. The van der Waals surface area contributed by atoms with Gasteiger partial charge in [-0.1, -0.05) is 18.5 Å². The van der Waals surface area contributed by atoms with Gasteiger partial charge in [0, 0.05) is 10.7 Å². The van der Waals surface area contributed by atoms with Crippen molar-refractivity contribution < 1.29 is 9.53 Å². The summed E-state index contributed by atoms with van der Waals surface area (Å²) in [5.41, 5.74) is 1.89. The molecule has 2 aromatic rings. The summed E-state index contributed by atoms with van der Waals surface area (Å²) in [6, 6.07) is 11.4. The Labute approximate surface area is 173 Å². The summed E-state index contributed by atoms with van der Waals surface area (Å²) in [4.78, 5) is 14.3. The van der Waals surface area contributed by atoms with Crippen molar-refractivity contribution in [1.29, 1.82) is 0 Å². The summed E-state index contributed by atoms with van der Waals surface area (Å²) in [7, 11) is 0. The van der Waals surface area contributed by atoms with Crippen LogP contribution in [0.15, 0.2) is 45.3 Å². The number of benzene rings is 2. The first kappa shape index (κ1) is 19.1. The maximum Gasteiger partial charge on any atom is 0.238 e. The molecule has 132 valence electrons. The summed E-state index contributed by atoms with van der Waals surface area (Å²) in [5.74, 6) is 1.34. The Kier molecular flexibility index (Phi) is 6.36. The first-order valence-corrected chi connectivity index (χ1v) is 10.8. The topological polar surface area (TPSA) is 29.5 Å². The molecule has 0 bridgehead atoms. The van der Waals surface area contributed by atoms with Crippen molar-refractivity contribution in [2.24, 2.45) is 0 Å². The third kappa shape index (κ3) is 4.18. The molecule has 0 spiro atoms. The summed E-state index contributed by atoms with van der Waals surface area (Å²) in [6.07, 6.45) is 0.942. The molecule has 0 aliphatic carbocycles. The van der Waals surface area contributed by atoms with E-state index in [1.807, 2.05) is 29.2 Å². The van der Waals surface area contributed by atoms with E-state index >= 15 is 0 Å². The van der Waals surface area contributed by atoms with Gasteiger partial charge >= 0.3 is 0 Å². The van der Waals surface area contributed by atoms with E-state index in [2.05, 4.69) is 38.8 Å². The number of thioether (sulfide) groups is 1. The number of carbonyl (C=O) groups excluding carboxylic acids is 1. The molecule has 0 saturated carbocycles. The third-order valence-corrected chi connectivity index (χ3v) is 6.37. The Hall–Kier alpha value is -0.690. The van der Waals surface area contributed by atoms with Gasteiger partial charge in [0.15, 0.2) is 0 Å². The van der Waals surface area contributed by atoms with Crippen LogP contribution in [0.2, 0.25) is 5.02 Å². The monoisotopic (exact) mass is 503 g/mol. The zero-order valence-electron chi connectivity index (χ0n) is 13.5. The van der Waals surface area contributed by atoms with Crippen LogP contribution >= 0.6 is 55.2 Å². The molecule has 0 N–H and O–H groups in total. The molecular formula is C18H16Br2ClNO2S. The van der Waals surface area contributed by atoms with Crippen molar-refractivity contribution in [3.8, 4) is 5.75 Å². The van der Waals surface area contributed by atoms with E-state index < -0.39 is 0 Å². The quantitative estimate of drug-likeness (QED) is 0.469. The van der Waals surface area contributed by atoms with Crippen LogP contribution in [0.3, 0.4) is 0 Å². The van der Waals surface area contributed by atoms with E-state index in [-0.39, 0.29) is 11.3 Å².